The van der Waals surface area contributed by atoms with Crippen LogP contribution in [-0.4, -0.2) is 40.0 Å². The minimum atomic E-state index is 0.239. The SMILES string of the molecule is S=C(NC[C@@H]1CCCO1)N/N=C\c1c(Cl)nc2sccn12. The molecule has 0 aliphatic carbocycles. The first-order chi connectivity index (χ1) is 10.2. The quantitative estimate of drug-likeness (QED) is 0.505. The molecule has 1 aliphatic heterocycles. The number of nitrogens with zero attached hydrogens (tertiary/aromatic N) is 3. The van der Waals surface area contributed by atoms with Crippen molar-refractivity contribution in [2.24, 2.45) is 5.10 Å². The minimum absolute atomic E-state index is 0.239. The number of rotatable bonds is 4. The van der Waals surface area contributed by atoms with Crippen molar-refractivity contribution in [1.29, 1.82) is 0 Å². The maximum atomic E-state index is 6.06. The van der Waals surface area contributed by atoms with E-state index in [1.54, 1.807) is 6.21 Å². The lowest BCUT2D eigenvalue weighted by molar-refractivity contribution is 0.114. The Hall–Kier alpha value is -1.22. The van der Waals surface area contributed by atoms with Gasteiger partial charge in [0.15, 0.2) is 15.2 Å². The standard InChI is InChI=1S/C12H14ClN5OS2/c13-10-9(18-3-5-21-12(18)16-10)7-15-17-11(20)14-6-8-2-1-4-19-8/h3,5,7-8H,1-2,4,6H2,(H2,14,17,20)/b15-7-/t8-/m0/s1. The molecule has 0 aromatic carbocycles. The largest absolute Gasteiger partial charge is 0.376 e. The third-order valence-electron chi connectivity index (χ3n) is 3.12. The predicted molar refractivity (Wildman–Crippen MR) is 88.4 cm³/mol. The van der Waals surface area contributed by atoms with Crippen LogP contribution in [0.4, 0.5) is 0 Å². The molecule has 0 amide bonds. The maximum Gasteiger partial charge on any atom is 0.195 e. The molecule has 0 unspecified atom stereocenters. The monoisotopic (exact) mass is 343 g/mol. The lowest BCUT2D eigenvalue weighted by Crippen LogP contribution is -2.37. The van der Waals surface area contributed by atoms with Crippen molar-refractivity contribution in [3.63, 3.8) is 0 Å². The van der Waals surface area contributed by atoms with Gasteiger partial charge in [-0.25, -0.2) is 4.98 Å². The van der Waals surface area contributed by atoms with Gasteiger partial charge in [-0.15, -0.1) is 11.3 Å². The minimum Gasteiger partial charge on any atom is -0.376 e. The van der Waals surface area contributed by atoms with Crippen LogP contribution >= 0.6 is 35.2 Å². The molecule has 0 radical (unpaired) electrons. The van der Waals surface area contributed by atoms with Gasteiger partial charge in [0.25, 0.3) is 0 Å². The molecule has 2 aromatic rings. The molecule has 1 saturated heterocycles. The van der Waals surface area contributed by atoms with Crippen LogP contribution < -0.4 is 10.7 Å². The molecule has 112 valence electrons. The van der Waals surface area contributed by atoms with Crippen LogP contribution in [0.25, 0.3) is 4.96 Å². The summed E-state index contributed by atoms with van der Waals surface area (Å²) < 4.78 is 7.38. The smallest absolute Gasteiger partial charge is 0.195 e. The normalized spacial score (nSPS) is 18.6. The molecule has 2 N–H and O–H groups in total. The Balaban J connectivity index is 1.52. The second kappa shape index (κ2) is 6.69. The number of ether oxygens (including phenoxy) is 1. The topological polar surface area (TPSA) is 63.0 Å². The van der Waals surface area contributed by atoms with E-state index < -0.39 is 0 Å². The van der Waals surface area contributed by atoms with Crippen molar-refractivity contribution < 1.29 is 4.74 Å². The molecule has 1 aliphatic rings. The van der Waals surface area contributed by atoms with Gasteiger partial charge in [-0.1, -0.05) is 11.6 Å². The number of hydrogen-bond acceptors (Lipinski definition) is 5. The number of halogens is 1. The van der Waals surface area contributed by atoms with E-state index in [1.165, 1.54) is 11.3 Å². The third kappa shape index (κ3) is 3.52. The van der Waals surface area contributed by atoms with Crippen LogP contribution in [0.3, 0.4) is 0 Å². The lowest BCUT2D eigenvalue weighted by Gasteiger charge is -2.11. The highest BCUT2D eigenvalue weighted by atomic mass is 35.5. The molecule has 1 fully saturated rings. The van der Waals surface area contributed by atoms with E-state index in [0.29, 0.717) is 16.8 Å². The highest BCUT2D eigenvalue weighted by Gasteiger charge is 2.15. The molecule has 6 nitrogen and oxygen atoms in total. The first-order valence-corrected chi connectivity index (χ1v) is 8.20. The number of imidazole rings is 1. The summed E-state index contributed by atoms with van der Waals surface area (Å²) in [4.78, 5) is 5.06. The van der Waals surface area contributed by atoms with E-state index in [0.717, 1.165) is 30.1 Å². The molecule has 2 aromatic heterocycles. The van der Waals surface area contributed by atoms with Gasteiger partial charge in [0.05, 0.1) is 12.3 Å². The van der Waals surface area contributed by atoms with Gasteiger partial charge in [0.2, 0.25) is 0 Å². The summed E-state index contributed by atoms with van der Waals surface area (Å²) in [5.74, 6) is 0. The Morgan fingerprint density at radius 3 is 3.43 bits per heavy atom. The van der Waals surface area contributed by atoms with Crippen molar-refractivity contribution in [2.75, 3.05) is 13.2 Å². The molecule has 0 bridgehead atoms. The summed E-state index contributed by atoms with van der Waals surface area (Å²) in [5.41, 5.74) is 3.49. The predicted octanol–water partition coefficient (Wildman–Crippen LogP) is 2.03. The van der Waals surface area contributed by atoms with Crippen molar-refractivity contribution in [2.45, 2.75) is 18.9 Å². The van der Waals surface area contributed by atoms with E-state index in [9.17, 15) is 0 Å². The van der Waals surface area contributed by atoms with Crippen LogP contribution in [0, 0.1) is 0 Å². The fraction of sp³-hybridized carbons (Fsp3) is 0.417. The summed E-state index contributed by atoms with van der Waals surface area (Å²) in [7, 11) is 0. The van der Waals surface area contributed by atoms with Gasteiger partial charge < -0.3 is 10.1 Å². The summed E-state index contributed by atoms with van der Waals surface area (Å²) in [6.07, 6.45) is 5.92. The van der Waals surface area contributed by atoms with Crippen molar-refractivity contribution >= 4 is 51.4 Å². The Kier molecular flexibility index (Phi) is 4.69. The highest BCUT2D eigenvalue weighted by molar-refractivity contribution is 7.80. The fourth-order valence-corrected chi connectivity index (χ4v) is 3.22. The summed E-state index contributed by atoms with van der Waals surface area (Å²) in [6, 6.07) is 0. The summed E-state index contributed by atoms with van der Waals surface area (Å²) >= 11 is 12.7. The second-order valence-corrected chi connectivity index (χ2v) is 6.20. The second-order valence-electron chi connectivity index (χ2n) is 4.56. The summed E-state index contributed by atoms with van der Waals surface area (Å²) in [5, 5.41) is 9.99. The fourth-order valence-electron chi connectivity index (χ4n) is 2.10. The number of thiazole rings is 1. The van der Waals surface area contributed by atoms with Crippen molar-refractivity contribution in [3.8, 4) is 0 Å². The average Bonchev–Trinajstić information content (AvgIpc) is 3.16. The maximum absolute atomic E-state index is 6.06. The van der Waals surface area contributed by atoms with Gasteiger partial charge in [-0.3, -0.25) is 9.83 Å². The number of thiocarbonyl (C=S) groups is 1. The van der Waals surface area contributed by atoms with Crippen molar-refractivity contribution in [1.82, 2.24) is 20.1 Å². The zero-order valence-electron chi connectivity index (χ0n) is 11.1. The summed E-state index contributed by atoms with van der Waals surface area (Å²) in [6.45, 7) is 1.53. The van der Waals surface area contributed by atoms with Crippen LogP contribution in [0.15, 0.2) is 16.7 Å². The molecule has 9 heteroatoms. The van der Waals surface area contributed by atoms with E-state index in [-0.39, 0.29) is 6.10 Å². The van der Waals surface area contributed by atoms with Crippen LogP contribution in [0.2, 0.25) is 5.15 Å². The van der Waals surface area contributed by atoms with E-state index in [1.807, 2.05) is 16.0 Å². The molecule has 1 atom stereocenters. The number of hydrazone groups is 1. The number of fused-ring (bicyclic) bond motifs is 1. The molecule has 3 heterocycles. The Bertz CT molecular complexity index is 662. The van der Waals surface area contributed by atoms with E-state index in [4.69, 9.17) is 28.6 Å². The zero-order chi connectivity index (χ0) is 14.7. The molecule has 3 rings (SSSR count). The van der Waals surface area contributed by atoms with Crippen LogP contribution in [0.5, 0.6) is 0 Å². The van der Waals surface area contributed by atoms with E-state index >= 15 is 0 Å². The lowest BCUT2D eigenvalue weighted by atomic mass is 10.2. The van der Waals surface area contributed by atoms with Crippen LogP contribution in [-0.2, 0) is 4.74 Å². The molecular formula is C12H14ClN5OS2. The third-order valence-corrected chi connectivity index (χ3v) is 4.39. The highest BCUT2D eigenvalue weighted by Crippen LogP contribution is 2.19. The molecule has 0 saturated carbocycles. The molecule has 21 heavy (non-hydrogen) atoms. The van der Waals surface area contributed by atoms with Gasteiger partial charge in [-0.05, 0) is 25.1 Å². The number of aromatic nitrogens is 2. The van der Waals surface area contributed by atoms with E-state index in [2.05, 4.69) is 20.8 Å². The molecular weight excluding hydrogens is 330 g/mol. The first kappa shape index (κ1) is 14.7. The zero-order valence-corrected chi connectivity index (χ0v) is 13.5. The van der Waals surface area contributed by atoms with Gasteiger partial charge in [0.1, 0.15) is 5.69 Å². The van der Waals surface area contributed by atoms with Crippen molar-refractivity contribution in [3.05, 3.63) is 22.4 Å². The average molecular weight is 344 g/mol. The number of hydrogen-bond donors (Lipinski definition) is 2. The molecule has 0 spiro atoms. The Labute approximate surface area is 136 Å². The Morgan fingerprint density at radius 2 is 2.62 bits per heavy atom. The Morgan fingerprint density at radius 1 is 1.71 bits per heavy atom. The number of nitrogens with one attached hydrogen (secondary N) is 2. The van der Waals surface area contributed by atoms with Gasteiger partial charge in [0, 0.05) is 24.7 Å². The van der Waals surface area contributed by atoms with Crippen LogP contribution in [0.1, 0.15) is 18.5 Å². The van der Waals surface area contributed by atoms with Gasteiger partial charge >= 0.3 is 0 Å². The van der Waals surface area contributed by atoms with Gasteiger partial charge in [-0.2, -0.15) is 5.10 Å². The first-order valence-electron chi connectivity index (χ1n) is 6.53.